The van der Waals surface area contributed by atoms with Gasteiger partial charge >= 0.3 is 0 Å². The summed E-state index contributed by atoms with van der Waals surface area (Å²) in [5.41, 5.74) is 8.28. The predicted molar refractivity (Wildman–Crippen MR) is 86.5 cm³/mol. The van der Waals surface area contributed by atoms with Gasteiger partial charge in [-0.2, -0.15) is 0 Å². The summed E-state index contributed by atoms with van der Waals surface area (Å²) in [5.74, 6) is 0.736. The Morgan fingerprint density at radius 2 is 1.76 bits per heavy atom. The van der Waals surface area contributed by atoms with Crippen molar-refractivity contribution in [3.05, 3.63) is 70.7 Å². The van der Waals surface area contributed by atoms with E-state index in [0.717, 1.165) is 12.0 Å². The molecule has 1 saturated carbocycles. The lowest BCUT2D eigenvalue weighted by atomic mass is 9.89. The molecule has 1 fully saturated rings. The summed E-state index contributed by atoms with van der Waals surface area (Å²) < 4.78 is 0. The summed E-state index contributed by atoms with van der Waals surface area (Å²) in [4.78, 5) is 0. The fourth-order valence-electron chi connectivity index (χ4n) is 3.16. The van der Waals surface area contributed by atoms with Gasteiger partial charge in [0.25, 0.3) is 0 Å². The second-order valence-electron chi connectivity index (χ2n) is 5.80. The quantitative estimate of drug-likeness (QED) is 0.887. The van der Waals surface area contributed by atoms with E-state index in [-0.39, 0.29) is 5.92 Å². The van der Waals surface area contributed by atoms with Crippen molar-refractivity contribution in [1.29, 1.82) is 0 Å². The van der Waals surface area contributed by atoms with Gasteiger partial charge in [0.2, 0.25) is 0 Å². The monoisotopic (exact) mass is 301 g/mol. The Bertz CT molecular complexity index is 584. The Hall–Kier alpha value is -1.35. The summed E-state index contributed by atoms with van der Waals surface area (Å²) in [5, 5.41) is 11.4. The molecule has 0 amide bonds. The highest BCUT2D eigenvalue weighted by Gasteiger charge is 2.45. The van der Waals surface area contributed by atoms with Crippen LogP contribution in [0.2, 0.25) is 5.02 Å². The molecule has 1 aliphatic carbocycles. The fourth-order valence-corrected chi connectivity index (χ4v) is 3.28. The molecule has 0 heterocycles. The molecule has 110 valence electrons. The standard InChI is InChI=1S/C18H20ClNO/c19-14-8-6-13(7-9-14)17(11-20)18(21)16-10-15(16)12-4-2-1-3-5-12/h1-9,15-18,21H,10-11,20H2. The minimum absolute atomic E-state index is 0.0269. The van der Waals surface area contributed by atoms with Crippen molar-refractivity contribution in [3.8, 4) is 0 Å². The number of aliphatic hydroxyl groups is 1. The average Bonchev–Trinajstić information content (AvgIpc) is 3.31. The molecule has 0 spiro atoms. The third-order valence-corrected chi connectivity index (χ3v) is 4.72. The molecular weight excluding hydrogens is 282 g/mol. The molecule has 3 heteroatoms. The van der Waals surface area contributed by atoms with Crippen molar-refractivity contribution in [1.82, 2.24) is 0 Å². The topological polar surface area (TPSA) is 46.2 Å². The van der Waals surface area contributed by atoms with Gasteiger partial charge in [-0.05, 0) is 41.5 Å². The van der Waals surface area contributed by atoms with E-state index in [4.69, 9.17) is 17.3 Å². The van der Waals surface area contributed by atoms with Gasteiger partial charge in [-0.3, -0.25) is 0 Å². The number of benzene rings is 2. The average molecular weight is 302 g/mol. The van der Waals surface area contributed by atoms with Crippen LogP contribution in [0, 0.1) is 5.92 Å². The van der Waals surface area contributed by atoms with Gasteiger partial charge in [-0.15, -0.1) is 0 Å². The molecule has 3 N–H and O–H groups in total. The van der Waals surface area contributed by atoms with Gasteiger partial charge in [0.1, 0.15) is 0 Å². The molecule has 1 aliphatic rings. The number of aliphatic hydroxyl groups excluding tert-OH is 1. The van der Waals surface area contributed by atoms with Gasteiger partial charge < -0.3 is 10.8 Å². The second-order valence-corrected chi connectivity index (χ2v) is 6.24. The Balaban J connectivity index is 1.72. The molecule has 3 rings (SSSR count). The van der Waals surface area contributed by atoms with Crippen LogP contribution in [0.3, 0.4) is 0 Å². The number of halogens is 1. The predicted octanol–water partition coefficient (Wildman–Crippen LogP) is 3.55. The first-order valence-electron chi connectivity index (χ1n) is 7.39. The Morgan fingerprint density at radius 3 is 2.38 bits per heavy atom. The van der Waals surface area contributed by atoms with E-state index in [2.05, 4.69) is 24.3 Å². The lowest BCUT2D eigenvalue weighted by Gasteiger charge is -2.22. The molecule has 2 nitrogen and oxygen atoms in total. The number of hydrogen-bond acceptors (Lipinski definition) is 2. The van der Waals surface area contributed by atoms with Crippen LogP contribution < -0.4 is 5.73 Å². The molecule has 21 heavy (non-hydrogen) atoms. The van der Waals surface area contributed by atoms with Crippen LogP contribution in [0.4, 0.5) is 0 Å². The normalized spacial score (nSPS) is 23.6. The first-order valence-corrected chi connectivity index (χ1v) is 7.77. The van der Waals surface area contributed by atoms with Crippen LogP contribution in [-0.4, -0.2) is 17.8 Å². The van der Waals surface area contributed by atoms with Gasteiger partial charge in [-0.1, -0.05) is 54.1 Å². The van der Waals surface area contributed by atoms with E-state index in [1.165, 1.54) is 5.56 Å². The maximum absolute atomic E-state index is 10.7. The Kier molecular flexibility index (Phi) is 4.29. The van der Waals surface area contributed by atoms with E-state index in [0.29, 0.717) is 23.4 Å². The number of rotatable bonds is 5. The maximum Gasteiger partial charge on any atom is 0.0655 e. The molecule has 2 aromatic carbocycles. The van der Waals surface area contributed by atoms with Gasteiger partial charge in [0.05, 0.1) is 6.10 Å². The van der Waals surface area contributed by atoms with Gasteiger partial charge in [0.15, 0.2) is 0 Å². The van der Waals surface area contributed by atoms with Crippen molar-refractivity contribution in [2.75, 3.05) is 6.54 Å². The fraction of sp³-hybridized carbons (Fsp3) is 0.333. The lowest BCUT2D eigenvalue weighted by Crippen LogP contribution is -2.28. The first kappa shape index (κ1) is 14.6. The van der Waals surface area contributed by atoms with Crippen molar-refractivity contribution < 1.29 is 5.11 Å². The Labute approximate surface area is 130 Å². The van der Waals surface area contributed by atoms with Crippen LogP contribution in [0.25, 0.3) is 0 Å². The third-order valence-electron chi connectivity index (χ3n) is 4.47. The molecule has 0 aliphatic heterocycles. The smallest absolute Gasteiger partial charge is 0.0655 e. The zero-order valence-corrected chi connectivity index (χ0v) is 12.6. The number of nitrogens with two attached hydrogens (primary N) is 1. The van der Waals surface area contributed by atoms with Gasteiger partial charge in [0, 0.05) is 17.5 Å². The van der Waals surface area contributed by atoms with Crippen molar-refractivity contribution >= 4 is 11.6 Å². The molecule has 0 radical (unpaired) electrons. The van der Waals surface area contributed by atoms with Crippen LogP contribution in [0.5, 0.6) is 0 Å². The lowest BCUT2D eigenvalue weighted by molar-refractivity contribution is 0.120. The highest BCUT2D eigenvalue weighted by molar-refractivity contribution is 6.30. The van der Waals surface area contributed by atoms with Crippen LogP contribution >= 0.6 is 11.6 Å². The van der Waals surface area contributed by atoms with Crippen molar-refractivity contribution in [2.45, 2.75) is 24.4 Å². The molecular formula is C18H20ClNO. The summed E-state index contributed by atoms with van der Waals surface area (Å²) in [6.45, 7) is 0.445. The molecule has 0 aromatic heterocycles. The van der Waals surface area contributed by atoms with Crippen molar-refractivity contribution in [2.24, 2.45) is 11.7 Å². The molecule has 0 bridgehead atoms. The van der Waals surface area contributed by atoms with E-state index in [1.807, 2.05) is 30.3 Å². The Morgan fingerprint density at radius 1 is 1.10 bits per heavy atom. The second kappa shape index (κ2) is 6.18. The minimum Gasteiger partial charge on any atom is -0.392 e. The number of hydrogen-bond donors (Lipinski definition) is 2. The van der Waals surface area contributed by atoms with Gasteiger partial charge in [-0.25, -0.2) is 0 Å². The van der Waals surface area contributed by atoms with Crippen LogP contribution in [0.1, 0.15) is 29.4 Å². The first-order chi connectivity index (χ1) is 10.2. The zero-order valence-electron chi connectivity index (χ0n) is 11.8. The third kappa shape index (κ3) is 3.13. The molecule has 4 unspecified atom stereocenters. The van der Waals surface area contributed by atoms with E-state index in [9.17, 15) is 5.11 Å². The molecule has 4 atom stereocenters. The highest BCUT2D eigenvalue weighted by atomic mass is 35.5. The molecule has 2 aromatic rings. The summed E-state index contributed by atoms with van der Waals surface area (Å²) in [7, 11) is 0. The van der Waals surface area contributed by atoms with Crippen molar-refractivity contribution in [3.63, 3.8) is 0 Å². The zero-order chi connectivity index (χ0) is 14.8. The van der Waals surface area contributed by atoms with E-state index >= 15 is 0 Å². The van der Waals surface area contributed by atoms with Crippen LogP contribution in [0.15, 0.2) is 54.6 Å². The SMILES string of the molecule is NCC(c1ccc(Cl)cc1)C(O)C1CC1c1ccccc1. The van der Waals surface area contributed by atoms with Crippen LogP contribution in [-0.2, 0) is 0 Å². The summed E-state index contributed by atoms with van der Waals surface area (Å²) in [6.07, 6.45) is 0.635. The maximum atomic E-state index is 10.7. The highest BCUT2D eigenvalue weighted by Crippen LogP contribution is 2.51. The summed E-state index contributed by atoms with van der Waals surface area (Å²) >= 11 is 5.92. The molecule has 0 saturated heterocycles. The largest absolute Gasteiger partial charge is 0.392 e. The van der Waals surface area contributed by atoms with E-state index < -0.39 is 6.10 Å². The minimum atomic E-state index is -0.401. The van der Waals surface area contributed by atoms with E-state index in [1.54, 1.807) is 0 Å². The summed E-state index contributed by atoms with van der Waals surface area (Å²) in [6, 6.07) is 18.0.